The minimum atomic E-state index is -4.16. The van der Waals surface area contributed by atoms with E-state index in [1.807, 2.05) is 6.92 Å². The summed E-state index contributed by atoms with van der Waals surface area (Å²) in [5.74, 6) is 0. The van der Waals surface area contributed by atoms with Gasteiger partial charge in [-0.05, 0) is 25.7 Å². The Morgan fingerprint density at radius 2 is 1.00 bits per heavy atom. The summed E-state index contributed by atoms with van der Waals surface area (Å²) in [7, 11) is -4.16. The van der Waals surface area contributed by atoms with Crippen molar-refractivity contribution in [2.45, 2.75) is 147 Å². The maximum Gasteiger partial charge on any atom is 1.00 e. The quantitative estimate of drug-likeness (QED) is 0.162. The molecule has 0 radical (unpaired) electrons. The molecular formula is C23H47KO4S. The van der Waals surface area contributed by atoms with Crippen molar-refractivity contribution in [2.24, 2.45) is 0 Å². The summed E-state index contributed by atoms with van der Waals surface area (Å²) >= 11 is 0. The van der Waals surface area contributed by atoms with Crippen molar-refractivity contribution in [1.29, 1.82) is 0 Å². The van der Waals surface area contributed by atoms with Crippen molar-refractivity contribution < 1.29 is 69.5 Å². The zero-order valence-electron chi connectivity index (χ0n) is 19.7. The van der Waals surface area contributed by atoms with Gasteiger partial charge < -0.3 is 9.66 Å². The van der Waals surface area contributed by atoms with Crippen LogP contribution in [0.1, 0.15) is 136 Å². The smallest absolute Gasteiger partial charge is 0.748 e. The normalized spacial score (nSPS) is 13.8. The van der Waals surface area contributed by atoms with Crippen molar-refractivity contribution in [3.63, 3.8) is 0 Å². The fourth-order valence-corrected chi connectivity index (χ4v) is 4.69. The molecule has 0 aromatic heterocycles. The molecule has 2 atom stereocenters. The van der Waals surface area contributed by atoms with Crippen LogP contribution in [0.3, 0.4) is 0 Å². The molecule has 29 heavy (non-hydrogen) atoms. The van der Waals surface area contributed by atoms with Gasteiger partial charge in [0.25, 0.3) is 0 Å². The van der Waals surface area contributed by atoms with Crippen molar-refractivity contribution in [3.05, 3.63) is 0 Å². The van der Waals surface area contributed by atoms with Gasteiger partial charge in [0.1, 0.15) is 0 Å². The second kappa shape index (κ2) is 22.7. The molecule has 0 amide bonds. The van der Waals surface area contributed by atoms with Gasteiger partial charge in [0.2, 0.25) is 0 Å². The van der Waals surface area contributed by atoms with E-state index in [2.05, 4.69) is 6.92 Å². The third-order valence-electron chi connectivity index (χ3n) is 5.82. The average molecular weight is 459 g/mol. The first-order valence-corrected chi connectivity index (χ1v) is 13.5. The molecule has 0 aromatic rings. The van der Waals surface area contributed by atoms with Gasteiger partial charge in [-0.3, -0.25) is 0 Å². The van der Waals surface area contributed by atoms with Crippen LogP contribution >= 0.6 is 0 Å². The van der Waals surface area contributed by atoms with Crippen molar-refractivity contribution in [1.82, 2.24) is 0 Å². The van der Waals surface area contributed by atoms with E-state index < -0.39 is 15.4 Å². The minimum Gasteiger partial charge on any atom is -0.748 e. The molecule has 0 aliphatic carbocycles. The summed E-state index contributed by atoms with van der Waals surface area (Å²) < 4.78 is 34.5. The van der Waals surface area contributed by atoms with E-state index in [9.17, 15) is 18.1 Å². The molecule has 6 heteroatoms. The van der Waals surface area contributed by atoms with Crippen LogP contribution in [0.25, 0.3) is 0 Å². The first-order valence-electron chi connectivity index (χ1n) is 12.0. The fourth-order valence-electron chi connectivity index (χ4n) is 3.78. The van der Waals surface area contributed by atoms with Crippen LogP contribution in [0, 0.1) is 0 Å². The number of hydrogen-bond donors (Lipinski definition) is 1. The Bertz CT molecular complexity index is 429. The van der Waals surface area contributed by atoms with Gasteiger partial charge in [0.05, 0.1) is 16.2 Å². The van der Waals surface area contributed by atoms with E-state index in [0.29, 0.717) is 12.8 Å². The average Bonchev–Trinajstić information content (AvgIpc) is 2.65. The van der Waals surface area contributed by atoms with Crippen LogP contribution in [0.2, 0.25) is 0 Å². The van der Waals surface area contributed by atoms with Crippen molar-refractivity contribution in [2.75, 3.05) is 0 Å². The van der Waals surface area contributed by atoms with Crippen LogP contribution in [0.5, 0.6) is 0 Å². The SMILES string of the molecule is CCCCCCCCCCCC(CCCCCCCCC(O)CC)S(=O)(=O)[O-].[K+]. The molecule has 4 nitrogen and oxygen atoms in total. The van der Waals surface area contributed by atoms with Crippen LogP contribution in [-0.2, 0) is 10.1 Å². The first kappa shape index (κ1) is 32.7. The predicted molar refractivity (Wildman–Crippen MR) is 119 cm³/mol. The summed E-state index contributed by atoms with van der Waals surface area (Å²) in [6.07, 6.45) is 19.6. The maximum absolute atomic E-state index is 11.5. The first-order chi connectivity index (χ1) is 13.4. The van der Waals surface area contributed by atoms with Gasteiger partial charge in [-0.25, -0.2) is 8.42 Å². The third-order valence-corrected chi connectivity index (χ3v) is 7.11. The molecule has 0 rings (SSSR count). The molecule has 0 heterocycles. The van der Waals surface area contributed by atoms with Gasteiger partial charge in [-0.1, -0.05) is 110 Å². The van der Waals surface area contributed by atoms with Gasteiger partial charge in [-0.2, -0.15) is 0 Å². The van der Waals surface area contributed by atoms with Crippen molar-refractivity contribution in [3.8, 4) is 0 Å². The summed E-state index contributed by atoms with van der Waals surface area (Å²) in [5, 5.41) is 8.83. The molecule has 0 saturated carbocycles. The van der Waals surface area contributed by atoms with Crippen LogP contribution in [0.4, 0.5) is 0 Å². The number of unbranched alkanes of at least 4 members (excludes halogenated alkanes) is 13. The fraction of sp³-hybridized carbons (Fsp3) is 1.00. The molecule has 0 saturated heterocycles. The Labute approximate surface area is 224 Å². The predicted octanol–water partition coefficient (Wildman–Crippen LogP) is 3.72. The monoisotopic (exact) mass is 458 g/mol. The molecule has 0 bridgehead atoms. The molecule has 1 N–H and O–H groups in total. The van der Waals surface area contributed by atoms with Crippen molar-refractivity contribution >= 4 is 10.1 Å². The molecule has 0 aliphatic heterocycles. The van der Waals surface area contributed by atoms with Gasteiger partial charge in [0, 0.05) is 5.25 Å². The van der Waals surface area contributed by atoms with Gasteiger partial charge in [0.15, 0.2) is 0 Å². The molecule has 0 aliphatic rings. The van der Waals surface area contributed by atoms with E-state index in [4.69, 9.17) is 0 Å². The summed E-state index contributed by atoms with van der Waals surface area (Å²) in [4.78, 5) is 0. The molecule has 2 unspecified atom stereocenters. The zero-order valence-corrected chi connectivity index (χ0v) is 23.6. The number of aliphatic hydroxyl groups excluding tert-OH is 1. The Kier molecular flexibility index (Phi) is 25.6. The number of rotatable bonds is 21. The third kappa shape index (κ3) is 22.5. The number of aliphatic hydroxyl groups is 1. The van der Waals surface area contributed by atoms with Crippen LogP contribution < -0.4 is 51.4 Å². The molecule has 0 spiro atoms. The maximum atomic E-state index is 11.5. The van der Waals surface area contributed by atoms with E-state index in [1.54, 1.807) is 0 Å². The Hall–Kier alpha value is 1.51. The second-order valence-corrected chi connectivity index (χ2v) is 10.1. The van der Waals surface area contributed by atoms with Gasteiger partial charge in [-0.15, -0.1) is 0 Å². The van der Waals surface area contributed by atoms with E-state index in [1.165, 1.54) is 38.5 Å². The molecule has 170 valence electrons. The van der Waals surface area contributed by atoms with E-state index in [0.717, 1.165) is 70.6 Å². The van der Waals surface area contributed by atoms with Crippen LogP contribution in [0.15, 0.2) is 0 Å². The molecular weight excluding hydrogens is 411 g/mol. The molecule has 0 aromatic carbocycles. The summed E-state index contributed by atoms with van der Waals surface area (Å²) in [5.41, 5.74) is 0. The Morgan fingerprint density at radius 3 is 1.34 bits per heavy atom. The Morgan fingerprint density at radius 1 is 0.655 bits per heavy atom. The second-order valence-electron chi connectivity index (χ2n) is 8.49. The molecule has 0 fully saturated rings. The largest absolute Gasteiger partial charge is 1.00 e. The summed E-state index contributed by atoms with van der Waals surface area (Å²) in [6.45, 7) is 4.22. The minimum absolute atomic E-state index is 0. The van der Waals surface area contributed by atoms with E-state index in [-0.39, 0.29) is 57.5 Å². The zero-order chi connectivity index (χ0) is 21.1. The van der Waals surface area contributed by atoms with Crippen LogP contribution in [-0.4, -0.2) is 29.4 Å². The van der Waals surface area contributed by atoms with E-state index >= 15 is 0 Å². The van der Waals surface area contributed by atoms with Gasteiger partial charge >= 0.3 is 51.4 Å². The number of hydrogen-bond acceptors (Lipinski definition) is 4. The topological polar surface area (TPSA) is 77.4 Å². The summed E-state index contributed by atoms with van der Waals surface area (Å²) in [6, 6.07) is 0. The standard InChI is InChI=1S/C23H48O4S.K/c1-3-5-6-7-8-9-10-14-17-20-23(28(25,26)27)21-18-15-12-11-13-16-19-22(24)4-2;/h22-24H,3-21H2,1-2H3,(H,25,26,27);/q;+1/p-1. The Balaban J connectivity index is 0.